The summed E-state index contributed by atoms with van der Waals surface area (Å²) in [6, 6.07) is 3.16. The molecule has 0 radical (unpaired) electrons. The van der Waals surface area contributed by atoms with E-state index in [2.05, 4.69) is 15.4 Å². The van der Waals surface area contributed by atoms with E-state index in [0.29, 0.717) is 34.3 Å². The zero-order valence-corrected chi connectivity index (χ0v) is 14.3. The Hall–Kier alpha value is -2.34. The standard InChI is InChI=1S/C17H19ClN2O4/c1-10-7-12(18)8-13(17(23)19-9-11-3-4-11)16(10)20-14(21)5-6-15(22)24-2/h5-8,11H,3-4,9H2,1-2H3,(H,19,23)(H,20,21)/b6-5+. The van der Waals surface area contributed by atoms with Crippen LogP contribution in [0.1, 0.15) is 28.8 Å². The first-order chi connectivity index (χ1) is 11.4. The van der Waals surface area contributed by atoms with E-state index < -0.39 is 11.9 Å². The number of nitrogens with one attached hydrogen (secondary N) is 2. The summed E-state index contributed by atoms with van der Waals surface area (Å²) in [7, 11) is 1.22. The van der Waals surface area contributed by atoms with E-state index in [0.717, 1.165) is 25.0 Å². The van der Waals surface area contributed by atoms with E-state index in [1.54, 1.807) is 13.0 Å². The zero-order chi connectivity index (χ0) is 17.7. The van der Waals surface area contributed by atoms with Crippen LogP contribution in [0.3, 0.4) is 0 Å². The predicted octanol–water partition coefficient (Wildman–Crippen LogP) is 2.46. The SMILES string of the molecule is COC(=O)/C=C/C(=O)Nc1c(C)cc(Cl)cc1C(=O)NCC1CC1. The normalized spacial score (nSPS) is 13.6. The Morgan fingerprint density at radius 1 is 1.29 bits per heavy atom. The number of hydrogen-bond acceptors (Lipinski definition) is 4. The minimum absolute atomic E-state index is 0.292. The van der Waals surface area contributed by atoms with Gasteiger partial charge in [0.15, 0.2) is 0 Å². The third kappa shape index (κ3) is 5.09. The molecular formula is C17H19ClN2O4. The van der Waals surface area contributed by atoms with Gasteiger partial charge in [0.05, 0.1) is 18.4 Å². The average Bonchev–Trinajstić information content (AvgIpc) is 3.36. The summed E-state index contributed by atoms with van der Waals surface area (Å²) in [6.45, 7) is 2.35. The lowest BCUT2D eigenvalue weighted by Gasteiger charge is -2.14. The van der Waals surface area contributed by atoms with E-state index in [4.69, 9.17) is 11.6 Å². The molecule has 0 aromatic heterocycles. The van der Waals surface area contributed by atoms with Crippen molar-refractivity contribution in [1.29, 1.82) is 0 Å². The molecule has 0 atom stereocenters. The third-order valence-electron chi connectivity index (χ3n) is 3.61. The van der Waals surface area contributed by atoms with Crippen molar-refractivity contribution in [3.8, 4) is 0 Å². The molecule has 1 aromatic rings. The molecule has 6 nitrogen and oxygen atoms in total. The second-order valence-corrected chi connectivity index (χ2v) is 6.08. The second-order valence-electron chi connectivity index (χ2n) is 5.64. The summed E-state index contributed by atoms with van der Waals surface area (Å²) >= 11 is 6.03. The highest BCUT2D eigenvalue weighted by Gasteiger charge is 2.23. The van der Waals surface area contributed by atoms with E-state index in [1.165, 1.54) is 13.2 Å². The molecule has 0 saturated heterocycles. The fourth-order valence-corrected chi connectivity index (χ4v) is 2.39. The molecule has 0 bridgehead atoms. The largest absolute Gasteiger partial charge is 0.466 e. The van der Waals surface area contributed by atoms with Crippen LogP contribution in [-0.2, 0) is 14.3 Å². The monoisotopic (exact) mass is 350 g/mol. The molecule has 2 amide bonds. The van der Waals surface area contributed by atoms with Crippen molar-refractivity contribution in [1.82, 2.24) is 5.32 Å². The van der Waals surface area contributed by atoms with Gasteiger partial charge in [-0.3, -0.25) is 9.59 Å². The molecular weight excluding hydrogens is 332 g/mol. The van der Waals surface area contributed by atoms with Gasteiger partial charge in [-0.25, -0.2) is 4.79 Å². The maximum absolute atomic E-state index is 12.4. The van der Waals surface area contributed by atoms with Gasteiger partial charge in [-0.2, -0.15) is 0 Å². The van der Waals surface area contributed by atoms with E-state index in [9.17, 15) is 14.4 Å². The fourth-order valence-electron chi connectivity index (χ4n) is 2.12. The first-order valence-electron chi connectivity index (χ1n) is 7.56. The molecule has 1 aliphatic carbocycles. The van der Waals surface area contributed by atoms with Crippen molar-refractivity contribution < 1.29 is 19.1 Å². The van der Waals surface area contributed by atoms with E-state index in [-0.39, 0.29) is 5.91 Å². The molecule has 0 spiro atoms. The number of esters is 1. The molecule has 128 valence electrons. The smallest absolute Gasteiger partial charge is 0.330 e. The van der Waals surface area contributed by atoms with Crippen LogP contribution in [0.5, 0.6) is 0 Å². The molecule has 1 fully saturated rings. The van der Waals surface area contributed by atoms with Crippen LogP contribution in [0.15, 0.2) is 24.3 Å². The van der Waals surface area contributed by atoms with Gasteiger partial charge in [-0.05, 0) is 43.4 Å². The fraction of sp³-hybridized carbons (Fsp3) is 0.353. The number of anilines is 1. The zero-order valence-electron chi connectivity index (χ0n) is 13.5. The van der Waals surface area contributed by atoms with Gasteiger partial charge in [-0.1, -0.05) is 11.6 Å². The number of methoxy groups -OCH3 is 1. The van der Waals surface area contributed by atoms with E-state index >= 15 is 0 Å². The van der Waals surface area contributed by atoms with Gasteiger partial charge >= 0.3 is 5.97 Å². The first-order valence-corrected chi connectivity index (χ1v) is 7.94. The molecule has 0 unspecified atom stereocenters. The Morgan fingerprint density at radius 2 is 2.00 bits per heavy atom. The molecule has 1 saturated carbocycles. The Kier molecular flexibility index (Phi) is 5.98. The number of rotatable bonds is 6. The molecule has 24 heavy (non-hydrogen) atoms. The molecule has 7 heteroatoms. The first kappa shape index (κ1) is 18.0. The van der Waals surface area contributed by atoms with Crippen molar-refractivity contribution in [2.24, 2.45) is 5.92 Å². The van der Waals surface area contributed by atoms with Gasteiger partial charge in [0, 0.05) is 23.7 Å². The summed E-state index contributed by atoms with van der Waals surface area (Å²) in [5.41, 5.74) is 1.31. The quantitative estimate of drug-likeness (QED) is 0.609. The molecule has 1 aliphatic rings. The van der Waals surface area contributed by atoms with Gasteiger partial charge in [-0.15, -0.1) is 0 Å². The van der Waals surface area contributed by atoms with Gasteiger partial charge in [0.1, 0.15) is 0 Å². The van der Waals surface area contributed by atoms with Crippen molar-refractivity contribution >= 4 is 35.1 Å². The van der Waals surface area contributed by atoms with Crippen molar-refractivity contribution in [2.75, 3.05) is 19.0 Å². The molecule has 0 aliphatic heterocycles. The maximum Gasteiger partial charge on any atom is 0.330 e. The number of carbonyl (C=O) groups is 3. The second kappa shape index (κ2) is 7.97. The summed E-state index contributed by atoms with van der Waals surface area (Å²) in [5.74, 6) is -0.933. The minimum atomic E-state index is -0.639. The van der Waals surface area contributed by atoms with Crippen molar-refractivity contribution in [2.45, 2.75) is 19.8 Å². The summed E-state index contributed by atoms with van der Waals surface area (Å²) in [6.07, 6.45) is 4.30. The number of carbonyl (C=O) groups excluding carboxylic acids is 3. The highest BCUT2D eigenvalue weighted by atomic mass is 35.5. The van der Waals surface area contributed by atoms with E-state index in [1.807, 2.05) is 0 Å². The highest BCUT2D eigenvalue weighted by Crippen LogP contribution is 2.29. The lowest BCUT2D eigenvalue weighted by atomic mass is 10.1. The number of ether oxygens (including phenoxy) is 1. The average molecular weight is 351 g/mol. The third-order valence-corrected chi connectivity index (χ3v) is 3.83. The molecule has 2 rings (SSSR count). The predicted molar refractivity (Wildman–Crippen MR) is 91.0 cm³/mol. The topological polar surface area (TPSA) is 84.5 Å². The highest BCUT2D eigenvalue weighted by molar-refractivity contribution is 6.31. The van der Waals surface area contributed by atoms with Gasteiger partial charge in [0.25, 0.3) is 5.91 Å². The van der Waals surface area contributed by atoms with Gasteiger partial charge in [0.2, 0.25) is 5.91 Å². The molecule has 0 heterocycles. The summed E-state index contributed by atoms with van der Waals surface area (Å²) < 4.78 is 4.43. The number of hydrogen-bond donors (Lipinski definition) is 2. The summed E-state index contributed by atoms with van der Waals surface area (Å²) in [5, 5.41) is 5.87. The molecule has 1 aromatic carbocycles. The van der Waals surface area contributed by atoms with Crippen LogP contribution in [0.25, 0.3) is 0 Å². The Labute approximate surface area is 145 Å². The Morgan fingerprint density at radius 3 is 2.62 bits per heavy atom. The summed E-state index contributed by atoms with van der Waals surface area (Å²) in [4.78, 5) is 35.4. The van der Waals surface area contributed by atoms with Crippen molar-refractivity contribution in [3.63, 3.8) is 0 Å². The number of halogens is 1. The van der Waals surface area contributed by atoms with Crippen LogP contribution < -0.4 is 10.6 Å². The lowest BCUT2D eigenvalue weighted by Crippen LogP contribution is -2.27. The number of amides is 2. The Balaban J connectivity index is 2.17. The van der Waals surface area contributed by atoms with Crippen molar-refractivity contribution in [3.05, 3.63) is 40.4 Å². The number of benzene rings is 1. The Bertz CT molecular complexity index is 696. The van der Waals surface area contributed by atoms with Crippen LogP contribution >= 0.6 is 11.6 Å². The van der Waals surface area contributed by atoms with Crippen LogP contribution in [0.2, 0.25) is 5.02 Å². The number of aryl methyl sites for hydroxylation is 1. The minimum Gasteiger partial charge on any atom is -0.466 e. The van der Waals surface area contributed by atoms with Crippen LogP contribution in [0.4, 0.5) is 5.69 Å². The molecule has 2 N–H and O–H groups in total. The van der Waals surface area contributed by atoms with Gasteiger partial charge < -0.3 is 15.4 Å². The lowest BCUT2D eigenvalue weighted by molar-refractivity contribution is -0.135. The maximum atomic E-state index is 12.4. The van der Waals surface area contributed by atoms with Crippen LogP contribution in [0, 0.1) is 12.8 Å². The van der Waals surface area contributed by atoms with Crippen LogP contribution in [-0.4, -0.2) is 31.4 Å².